The molecule has 0 atom stereocenters. The van der Waals surface area contributed by atoms with Gasteiger partial charge in [-0.1, -0.05) is 57.2 Å². The number of piperidine rings is 1. The number of hydrogen-bond donors (Lipinski definition) is 1. The third-order valence-corrected chi connectivity index (χ3v) is 6.59. The van der Waals surface area contributed by atoms with E-state index >= 15 is 0 Å². The third-order valence-electron chi connectivity index (χ3n) is 6.59. The molecule has 0 aliphatic carbocycles. The van der Waals surface area contributed by atoms with Gasteiger partial charge in [-0.25, -0.2) is 4.68 Å². The molecule has 3 heterocycles. The number of para-hydroxylation sites is 1. The summed E-state index contributed by atoms with van der Waals surface area (Å²) in [5.41, 5.74) is 3.78. The van der Waals surface area contributed by atoms with Gasteiger partial charge in [0.05, 0.1) is 0 Å². The number of nitrogens with one attached hydrogen (secondary N) is 1. The fourth-order valence-electron chi connectivity index (χ4n) is 4.58. The highest BCUT2D eigenvalue weighted by atomic mass is 16.1. The molecule has 3 aromatic rings. The zero-order valence-corrected chi connectivity index (χ0v) is 18.6. The predicted octanol–water partition coefficient (Wildman–Crippen LogP) is 4.07. The van der Waals surface area contributed by atoms with E-state index in [1.165, 1.54) is 5.56 Å². The molecule has 160 valence electrons. The Bertz CT molecular complexity index is 1180. The number of likely N-dealkylation sites (tertiary alicyclic amines) is 1. The van der Waals surface area contributed by atoms with E-state index in [4.69, 9.17) is 5.10 Å². The SMILES string of the molecule is CN1CCC2(CC1)Nc1ccccc1-c1nc(=O)c(-c3ccc(C(C)(C)C)cc3)nn12. The molecule has 2 aromatic carbocycles. The summed E-state index contributed by atoms with van der Waals surface area (Å²) in [5, 5.41) is 8.68. The van der Waals surface area contributed by atoms with Crippen LogP contribution in [0.3, 0.4) is 0 Å². The number of rotatable bonds is 1. The molecule has 6 nitrogen and oxygen atoms in total. The first-order valence-electron chi connectivity index (χ1n) is 11.0. The van der Waals surface area contributed by atoms with Crippen molar-refractivity contribution in [3.8, 4) is 22.6 Å². The molecular weight excluding hydrogens is 386 g/mol. The van der Waals surface area contributed by atoms with Crippen LogP contribution in [-0.4, -0.2) is 39.8 Å². The van der Waals surface area contributed by atoms with Crippen molar-refractivity contribution in [3.05, 3.63) is 64.4 Å². The van der Waals surface area contributed by atoms with E-state index in [1.54, 1.807) is 0 Å². The summed E-state index contributed by atoms with van der Waals surface area (Å²) in [5.74, 6) is 0.652. The molecule has 0 saturated carbocycles. The number of anilines is 1. The zero-order valence-electron chi connectivity index (χ0n) is 18.6. The van der Waals surface area contributed by atoms with E-state index in [-0.39, 0.29) is 16.6 Å². The summed E-state index contributed by atoms with van der Waals surface area (Å²) in [7, 11) is 2.14. The summed E-state index contributed by atoms with van der Waals surface area (Å²) < 4.78 is 1.98. The molecule has 0 bridgehead atoms. The second kappa shape index (κ2) is 7.02. The standard InChI is InChI=1S/C25H29N5O/c1-24(2,3)18-11-9-17(10-12-18)21-23(31)26-22-19-7-5-6-8-20(19)27-25(30(22)28-21)13-15-29(4)16-14-25/h5-12,27H,13-16H2,1-4H3. The van der Waals surface area contributed by atoms with Crippen molar-refractivity contribution in [2.75, 3.05) is 25.5 Å². The van der Waals surface area contributed by atoms with Crippen LogP contribution in [0.25, 0.3) is 22.6 Å². The van der Waals surface area contributed by atoms with E-state index in [2.05, 4.69) is 61.2 Å². The summed E-state index contributed by atoms with van der Waals surface area (Å²) >= 11 is 0. The largest absolute Gasteiger partial charge is 0.360 e. The van der Waals surface area contributed by atoms with Gasteiger partial charge in [0.25, 0.3) is 5.56 Å². The van der Waals surface area contributed by atoms with Gasteiger partial charge in [0.15, 0.2) is 11.5 Å². The molecule has 0 amide bonds. The third kappa shape index (κ3) is 3.35. The predicted molar refractivity (Wildman–Crippen MR) is 124 cm³/mol. The highest BCUT2D eigenvalue weighted by Gasteiger charge is 2.42. The highest BCUT2D eigenvalue weighted by Crippen LogP contribution is 2.41. The van der Waals surface area contributed by atoms with Gasteiger partial charge < -0.3 is 10.2 Å². The molecule has 0 unspecified atom stereocenters. The second-order valence-corrected chi connectivity index (χ2v) is 9.83. The van der Waals surface area contributed by atoms with Crippen LogP contribution in [0.5, 0.6) is 0 Å². The summed E-state index contributed by atoms with van der Waals surface area (Å²) in [6.07, 6.45) is 1.79. The fourth-order valence-corrected chi connectivity index (χ4v) is 4.58. The lowest BCUT2D eigenvalue weighted by Gasteiger charge is -2.46. The highest BCUT2D eigenvalue weighted by molar-refractivity contribution is 5.76. The fraction of sp³-hybridized carbons (Fsp3) is 0.400. The van der Waals surface area contributed by atoms with Crippen LogP contribution < -0.4 is 10.9 Å². The maximum Gasteiger partial charge on any atom is 0.300 e. The number of fused-ring (bicyclic) bond motifs is 4. The molecule has 1 aromatic heterocycles. The first-order chi connectivity index (χ1) is 14.8. The van der Waals surface area contributed by atoms with Crippen LogP contribution in [0.2, 0.25) is 0 Å². The lowest BCUT2D eigenvalue weighted by molar-refractivity contribution is 0.137. The van der Waals surface area contributed by atoms with Crippen LogP contribution >= 0.6 is 0 Å². The Morgan fingerprint density at radius 1 is 1.00 bits per heavy atom. The van der Waals surface area contributed by atoms with E-state index < -0.39 is 0 Å². The molecule has 0 radical (unpaired) electrons. The molecule has 1 N–H and O–H groups in total. The van der Waals surface area contributed by atoms with Crippen molar-refractivity contribution in [1.82, 2.24) is 19.7 Å². The van der Waals surface area contributed by atoms with Crippen molar-refractivity contribution in [1.29, 1.82) is 0 Å². The van der Waals surface area contributed by atoms with Gasteiger partial charge in [-0.3, -0.25) is 4.79 Å². The monoisotopic (exact) mass is 415 g/mol. The molecule has 2 aliphatic rings. The first-order valence-corrected chi connectivity index (χ1v) is 11.0. The molecule has 1 saturated heterocycles. The van der Waals surface area contributed by atoms with Gasteiger partial charge in [-0.15, -0.1) is 0 Å². The first kappa shape index (κ1) is 19.9. The molecule has 5 rings (SSSR count). The molecule has 1 fully saturated rings. The van der Waals surface area contributed by atoms with Gasteiger partial charge in [0.1, 0.15) is 5.66 Å². The van der Waals surface area contributed by atoms with Gasteiger partial charge in [-0.2, -0.15) is 10.1 Å². The quantitative estimate of drug-likeness (QED) is 0.649. The number of aromatic nitrogens is 3. The smallest absolute Gasteiger partial charge is 0.300 e. The Labute approximate surface area is 182 Å². The van der Waals surface area contributed by atoms with Crippen LogP contribution in [-0.2, 0) is 11.1 Å². The van der Waals surface area contributed by atoms with Crippen molar-refractivity contribution in [3.63, 3.8) is 0 Å². The topological polar surface area (TPSA) is 63.1 Å². The van der Waals surface area contributed by atoms with Crippen molar-refractivity contribution < 1.29 is 0 Å². The Morgan fingerprint density at radius 3 is 2.35 bits per heavy atom. The van der Waals surface area contributed by atoms with Gasteiger partial charge in [0.2, 0.25) is 0 Å². The minimum absolute atomic E-state index is 0.0565. The number of hydrogen-bond acceptors (Lipinski definition) is 5. The minimum atomic E-state index is -0.378. The van der Waals surface area contributed by atoms with E-state index in [1.807, 2.05) is 35.0 Å². The Hall–Kier alpha value is -2.99. The lowest BCUT2D eigenvalue weighted by Crippen LogP contribution is -2.53. The van der Waals surface area contributed by atoms with Gasteiger partial charge in [0, 0.05) is 42.7 Å². The van der Waals surface area contributed by atoms with Gasteiger partial charge in [-0.05, 0) is 30.2 Å². The maximum absolute atomic E-state index is 13.1. The van der Waals surface area contributed by atoms with Crippen LogP contribution in [0.1, 0.15) is 39.2 Å². The minimum Gasteiger partial charge on any atom is -0.360 e. The second-order valence-electron chi connectivity index (χ2n) is 9.83. The van der Waals surface area contributed by atoms with Crippen LogP contribution in [0.4, 0.5) is 5.69 Å². The summed E-state index contributed by atoms with van der Waals surface area (Å²) in [6, 6.07) is 16.2. The molecular formula is C25H29N5O. The Kier molecular flexibility index (Phi) is 4.52. The number of nitrogens with zero attached hydrogens (tertiary/aromatic N) is 4. The van der Waals surface area contributed by atoms with Crippen LogP contribution in [0, 0.1) is 0 Å². The average molecular weight is 416 g/mol. The Morgan fingerprint density at radius 2 is 1.68 bits per heavy atom. The molecule has 6 heteroatoms. The summed E-state index contributed by atoms with van der Waals surface area (Å²) in [4.78, 5) is 20.0. The molecule has 31 heavy (non-hydrogen) atoms. The molecule has 1 spiro atoms. The van der Waals surface area contributed by atoms with Gasteiger partial charge >= 0.3 is 0 Å². The van der Waals surface area contributed by atoms with Crippen molar-refractivity contribution in [2.45, 2.75) is 44.7 Å². The summed E-state index contributed by atoms with van der Waals surface area (Å²) in [6.45, 7) is 8.46. The van der Waals surface area contributed by atoms with Crippen molar-refractivity contribution >= 4 is 5.69 Å². The normalized spacial score (nSPS) is 17.7. The van der Waals surface area contributed by atoms with Crippen LogP contribution in [0.15, 0.2) is 53.3 Å². The van der Waals surface area contributed by atoms with E-state index in [0.29, 0.717) is 11.5 Å². The lowest BCUT2D eigenvalue weighted by atomic mass is 9.86. The Balaban J connectivity index is 1.67. The average Bonchev–Trinajstić information content (AvgIpc) is 2.75. The van der Waals surface area contributed by atoms with Crippen molar-refractivity contribution in [2.24, 2.45) is 0 Å². The van der Waals surface area contributed by atoms with E-state index in [9.17, 15) is 4.79 Å². The molecule has 2 aliphatic heterocycles. The van der Waals surface area contributed by atoms with E-state index in [0.717, 1.165) is 42.7 Å². The number of benzene rings is 2. The zero-order chi connectivity index (χ0) is 21.8. The maximum atomic E-state index is 13.1.